The number of aromatic nitrogens is 4. The van der Waals surface area contributed by atoms with Crippen molar-refractivity contribution in [3.8, 4) is 0 Å². The van der Waals surface area contributed by atoms with E-state index in [1.165, 1.54) is 4.68 Å². The third-order valence-electron chi connectivity index (χ3n) is 2.32. The molecule has 0 amide bonds. The van der Waals surface area contributed by atoms with Gasteiger partial charge in [0.1, 0.15) is 4.47 Å². The quantitative estimate of drug-likeness (QED) is 0.914. The summed E-state index contributed by atoms with van der Waals surface area (Å²) < 4.78 is 3.49. The molecule has 0 aliphatic rings. The van der Waals surface area contributed by atoms with E-state index in [0.29, 0.717) is 16.7 Å². The molecule has 0 spiro atoms. The van der Waals surface area contributed by atoms with E-state index in [-0.39, 0.29) is 5.56 Å². The highest BCUT2D eigenvalue weighted by Gasteiger charge is 2.06. The van der Waals surface area contributed by atoms with Crippen molar-refractivity contribution in [2.75, 3.05) is 5.32 Å². The number of rotatable bonds is 3. The lowest BCUT2D eigenvalue weighted by molar-refractivity contribution is 0.703. The first-order valence-corrected chi connectivity index (χ1v) is 5.80. The smallest absolute Gasteiger partial charge is 0.282 e. The van der Waals surface area contributed by atoms with E-state index in [0.717, 1.165) is 5.56 Å². The maximum atomic E-state index is 11.6. The summed E-state index contributed by atoms with van der Waals surface area (Å²) in [4.78, 5) is 11.6. The van der Waals surface area contributed by atoms with Crippen LogP contribution in [-0.4, -0.2) is 19.6 Å². The van der Waals surface area contributed by atoms with Gasteiger partial charge in [-0.05, 0) is 15.9 Å². The van der Waals surface area contributed by atoms with Crippen LogP contribution in [0.3, 0.4) is 0 Å². The molecule has 0 aliphatic heterocycles. The molecule has 2 rings (SSSR count). The van der Waals surface area contributed by atoms with Gasteiger partial charge in [0.25, 0.3) is 5.56 Å². The van der Waals surface area contributed by atoms with Crippen LogP contribution in [0.4, 0.5) is 5.69 Å². The van der Waals surface area contributed by atoms with Gasteiger partial charge in [-0.2, -0.15) is 10.2 Å². The normalized spacial score (nSPS) is 10.5. The topological polar surface area (TPSA) is 64.7 Å². The summed E-state index contributed by atoms with van der Waals surface area (Å²) in [5.74, 6) is 0. The van der Waals surface area contributed by atoms with Gasteiger partial charge in [0.15, 0.2) is 0 Å². The largest absolute Gasteiger partial charge is 0.378 e. The Morgan fingerprint density at radius 2 is 2.12 bits per heavy atom. The summed E-state index contributed by atoms with van der Waals surface area (Å²) in [5.41, 5.74) is 1.55. The fourth-order valence-corrected chi connectivity index (χ4v) is 1.89. The average molecular weight is 298 g/mol. The minimum Gasteiger partial charge on any atom is -0.378 e. The Morgan fingerprint density at radius 3 is 2.76 bits per heavy atom. The van der Waals surface area contributed by atoms with Crippen LogP contribution in [0.1, 0.15) is 5.56 Å². The molecule has 2 aromatic rings. The predicted molar refractivity (Wildman–Crippen MR) is 67.7 cm³/mol. The summed E-state index contributed by atoms with van der Waals surface area (Å²) >= 11 is 3.25. The molecule has 90 valence electrons. The Balaban J connectivity index is 2.15. The van der Waals surface area contributed by atoms with Gasteiger partial charge >= 0.3 is 0 Å². The number of nitrogens with zero attached hydrogens (tertiary/aromatic N) is 4. The molecule has 1 N–H and O–H groups in total. The van der Waals surface area contributed by atoms with Gasteiger partial charge in [-0.1, -0.05) is 0 Å². The molecule has 2 aromatic heterocycles. The first-order valence-electron chi connectivity index (χ1n) is 5.01. The van der Waals surface area contributed by atoms with Crippen molar-refractivity contribution in [3.63, 3.8) is 0 Å². The molecule has 0 atom stereocenters. The van der Waals surface area contributed by atoms with Gasteiger partial charge in [0.05, 0.1) is 18.1 Å². The lowest BCUT2D eigenvalue weighted by Gasteiger charge is -2.07. The zero-order chi connectivity index (χ0) is 12.4. The van der Waals surface area contributed by atoms with E-state index in [1.54, 1.807) is 24.1 Å². The monoisotopic (exact) mass is 297 g/mol. The summed E-state index contributed by atoms with van der Waals surface area (Å²) in [7, 11) is 3.47. The van der Waals surface area contributed by atoms with Gasteiger partial charge in [-0.15, -0.1) is 0 Å². The molecule has 6 nitrogen and oxygen atoms in total. The highest BCUT2D eigenvalue weighted by atomic mass is 79.9. The van der Waals surface area contributed by atoms with Crippen molar-refractivity contribution < 1.29 is 0 Å². The predicted octanol–water partition coefficient (Wildman–Crippen LogP) is 0.888. The van der Waals surface area contributed by atoms with E-state index in [4.69, 9.17) is 0 Å². The molecule has 0 fully saturated rings. The van der Waals surface area contributed by atoms with E-state index in [9.17, 15) is 4.79 Å². The third-order valence-corrected chi connectivity index (χ3v) is 3.09. The Morgan fingerprint density at radius 1 is 1.35 bits per heavy atom. The summed E-state index contributed by atoms with van der Waals surface area (Å²) in [6, 6.07) is 0. The van der Waals surface area contributed by atoms with Crippen LogP contribution in [-0.2, 0) is 20.6 Å². The van der Waals surface area contributed by atoms with E-state index in [2.05, 4.69) is 31.4 Å². The minimum absolute atomic E-state index is 0.166. The van der Waals surface area contributed by atoms with Crippen molar-refractivity contribution in [1.29, 1.82) is 0 Å². The van der Waals surface area contributed by atoms with Gasteiger partial charge in [0.2, 0.25) is 0 Å². The van der Waals surface area contributed by atoms with Crippen molar-refractivity contribution in [3.05, 3.63) is 39.0 Å². The highest BCUT2D eigenvalue weighted by Crippen LogP contribution is 2.16. The lowest BCUT2D eigenvalue weighted by atomic mass is 10.3. The Hall–Kier alpha value is -1.63. The second-order valence-electron chi connectivity index (χ2n) is 3.68. The number of aryl methyl sites for hydroxylation is 2. The van der Waals surface area contributed by atoms with Gasteiger partial charge in [-0.25, -0.2) is 4.68 Å². The molecular weight excluding hydrogens is 286 g/mol. The van der Waals surface area contributed by atoms with Crippen LogP contribution in [0.2, 0.25) is 0 Å². The number of hydrogen-bond acceptors (Lipinski definition) is 4. The molecule has 0 saturated heterocycles. The maximum absolute atomic E-state index is 11.6. The average Bonchev–Trinajstić information content (AvgIpc) is 2.71. The van der Waals surface area contributed by atoms with Crippen molar-refractivity contribution in [2.24, 2.45) is 14.1 Å². The summed E-state index contributed by atoms with van der Waals surface area (Å²) in [6.45, 7) is 0.598. The van der Waals surface area contributed by atoms with Crippen LogP contribution < -0.4 is 10.9 Å². The molecule has 0 aromatic carbocycles. The molecule has 2 heterocycles. The van der Waals surface area contributed by atoms with Crippen LogP contribution >= 0.6 is 15.9 Å². The first kappa shape index (κ1) is 11.8. The van der Waals surface area contributed by atoms with Crippen molar-refractivity contribution in [1.82, 2.24) is 19.6 Å². The molecule has 0 bridgehead atoms. The standard InChI is InChI=1S/C10H12BrN5O/c1-15-6-7(4-13-15)3-12-8-5-14-16(2)10(17)9(8)11/h4-6,12H,3H2,1-2H3. The molecule has 0 unspecified atom stereocenters. The molecule has 0 aliphatic carbocycles. The second-order valence-corrected chi connectivity index (χ2v) is 4.47. The second kappa shape index (κ2) is 4.70. The van der Waals surface area contributed by atoms with E-state index in [1.807, 2.05) is 13.2 Å². The SMILES string of the molecule is Cn1cc(CNc2cnn(C)c(=O)c2Br)cn1. The minimum atomic E-state index is -0.166. The van der Waals surface area contributed by atoms with Gasteiger partial charge in [0, 0.05) is 32.4 Å². The Bertz CT molecular complexity index is 589. The lowest BCUT2D eigenvalue weighted by Crippen LogP contribution is -2.21. The first-order chi connectivity index (χ1) is 8.08. The van der Waals surface area contributed by atoms with E-state index < -0.39 is 0 Å². The fourth-order valence-electron chi connectivity index (χ4n) is 1.39. The van der Waals surface area contributed by atoms with Crippen molar-refractivity contribution in [2.45, 2.75) is 6.54 Å². The van der Waals surface area contributed by atoms with Crippen LogP contribution in [0.25, 0.3) is 0 Å². The molecular formula is C10H12BrN5O. The van der Waals surface area contributed by atoms with Gasteiger partial charge in [-0.3, -0.25) is 9.48 Å². The number of nitrogens with one attached hydrogen (secondary N) is 1. The third kappa shape index (κ3) is 2.55. The van der Waals surface area contributed by atoms with Gasteiger partial charge < -0.3 is 5.32 Å². The number of hydrogen-bond donors (Lipinski definition) is 1. The molecule has 7 heteroatoms. The van der Waals surface area contributed by atoms with Crippen molar-refractivity contribution >= 4 is 21.6 Å². The zero-order valence-corrected chi connectivity index (χ0v) is 11.1. The van der Waals surface area contributed by atoms with E-state index >= 15 is 0 Å². The van der Waals surface area contributed by atoms with Crippen LogP contribution in [0, 0.1) is 0 Å². The number of halogens is 1. The summed E-state index contributed by atoms with van der Waals surface area (Å²) in [6.07, 6.45) is 5.30. The van der Waals surface area contributed by atoms with Crippen LogP contribution in [0.15, 0.2) is 27.9 Å². The molecule has 0 saturated carbocycles. The maximum Gasteiger partial charge on any atom is 0.282 e. The fraction of sp³-hybridized carbons (Fsp3) is 0.300. The van der Waals surface area contributed by atoms with Crippen LogP contribution in [0.5, 0.6) is 0 Å². The zero-order valence-electron chi connectivity index (χ0n) is 9.51. The highest BCUT2D eigenvalue weighted by molar-refractivity contribution is 9.10. The molecule has 17 heavy (non-hydrogen) atoms. The molecule has 0 radical (unpaired) electrons. The Labute approximate surface area is 106 Å². The Kier molecular flexibility index (Phi) is 3.28. The number of anilines is 1. The summed E-state index contributed by atoms with van der Waals surface area (Å²) in [5, 5.41) is 11.1.